The van der Waals surface area contributed by atoms with Crippen LogP contribution in [0.5, 0.6) is 0 Å². The van der Waals surface area contributed by atoms with E-state index >= 15 is 0 Å². The molecule has 1 N–H and O–H groups in total. The van der Waals surface area contributed by atoms with Crippen molar-refractivity contribution >= 4 is 49.6 Å². The molecule has 0 amide bonds. The first-order chi connectivity index (χ1) is 11.5. The summed E-state index contributed by atoms with van der Waals surface area (Å²) < 4.78 is 14.5. The van der Waals surface area contributed by atoms with Gasteiger partial charge >= 0.3 is 0 Å². The van der Waals surface area contributed by atoms with Gasteiger partial charge in [-0.15, -0.1) is 0 Å². The first kappa shape index (κ1) is 28.3. The standard InChI is InChI=1S/C16H49N4OPSi5/c1-21-22(17-18(23(2,3)4)24(5,6)7)19(25(8,9)10)20(26(11,12)13)27(14,15)16/h17H,1-16H3. The topological polar surface area (TPSA) is 31.0 Å². The fraction of sp³-hybridized carbons (Fsp3) is 1.00. The van der Waals surface area contributed by atoms with Crippen LogP contribution >= 0.6 is 8.45 Å². The van der Waals surface area contributed by atoms with Gasteiger partial charge in [0.05, 0.1) is 0 Å². The Labute approximate surface area is 177 Å². The van der Waals surface area contributed by atoms with E-state index < -0.39 is 49.6 Å². The highest BCUT2D eigenvalue weighted by atomic mass is 31.2. The van der Waals surface area contributed by atoms with Crippen LogP contribution < -0.4 is 5.20 Å². The largest absolute Gasteiger partial charge is 0.334 e. The molecule has 0 rings (SSSR count). The summed E-state index contributed by atoms with van der Waals surface area (Å²) in [6.07, 6.45) is 0. The Kier molecular flexibility index (Phi) is 9.66. The summed E-state index contributed by atoms with van der Waals surface area (Å²) in [6, 6.07) is 0. The van der Waals surface area contributed by atoms with E-state index in [1.165, 1.54) is 0 Å². The SMILES string of the molecule is COP(NN([Si](C)(C)C)[Si](C)(C)C)N(N([Si](C)(C)C)[Si](C)(C)C)[Si](C)(C)C. The molecule has 11 heteroatoms. The van der Waals surface area contributed by atoms with Gasteiger partial charge in [-0.25, -0.2) is 9.64 Å². The lowest BCUT2D eigenvalue weighted by Gasteiger charge is -2.57. The predicted octanol–water partition coefficient (Wildman–Crippen LogP) is 6.36. The van der Waals surface area contributed by atoms with Crippen molar-refractivity contribution in [1.82, 2.24) is 18.3 Å². The summed E-state index contributed by atoms with van der Waals surface area (Å²) in [5, 5.41) is 3.98. The molecule has 0 aliphatic heterocycles. The van der Waals surface area contributed by atoms with Gasteiger partial charge in [0.1, 0.15) is 41.2 Å². The maximum atomic E-state index is 6.25. The minimum Gasteiger partial charge on any atom is -0.334 e. The number of hydrazine groups is 2. The van der Waals surface area contributed by atoms with E-state index in [4.69, 9.17) is 4.52 Å². The average Bonchev–Trinajstić information content (AvgIpc) is 2.30. The number of rotatable bonds is 10. The molecule has 0 radical (unpaired) electrons. The third-order valence-electron chi connectivity index (χ3n) is 3.93. The van der Waals surface area contributed by atoms with Crippen molar-refractivity contribution in [3.8, 4) is 0 Å². The van der Waals surface area contributed by atoms with Crippen molar-refractivity contribution in [2.24, 2.45) is 0 Å². The van der Waals surface area contributed by atoms with Gasteiger partial charge in [-0.2, -0.15) is 0 Å². The van der Waals surface area contributed by atoms with Crippen LogP contribution in [0.2, 0.25) is 98.2 Å². The average molecular weight is 485 g/mol. The highest BCUT2D eigenvalue weighted by molar-refractivity contribution is 7.50. The van der Waals surface area contributed by atoms with E-state index in [1.807, 2.05) is 7.11 Å². The molecule has 5 nitrogen and oxygen atoms in total. The third kappa shape index (κ3) is 8.52. The zero-order valence-electron chi connectivity index (χ0n) is 21.2. The molecule has 0 fully saturated rings. The fourth-order valence-electron chi connectivity index (χ4n) is 3.78. The molecule has 0 saturated carbocycles. The summed E-state index contributed by atoms with van der Waals surface area (Å²) in [4.78, 5) is 0. The molecule has 0 heterocycles. The lowest BCUT2D eigenvalue weighted by molar-refractivity contribution is 0.305. The summed E-state index contributed by atoms with van der Waals surface area (Å²) in [6.45, 7) is 36.9. The fourth-order valence-corrected chi connectivity index (χ4v) is 33.4. The zero-order valence-corrected chi connectivity index (χ0v) is 27.1. The maximum absolute atomic E-state index is 6.25. The highest BCUT2D eigenvalue weighted by Crippen LogP contribution is 2.46. The number of nitrogens with zero attached hydrogens (tertiary/aromatic N) is 3. The van der Waals surface area contributed by atoms with Crippen LogP contribution in [0.15, 0.2) is 0 Å². The lowest BCUT2D eigenvalue weighted by Crippen LogP contribution is -2.72. The minimum atomic E-state index is -1.66. The smallest absolute Gasteiger partial charge is 0.204 e. The second-order valence-electron chi connectivity index (χ2n) is 12.3. The molecular weight excluding hydrogens is 436 g/mol. The Morgan fingerprint density at radius 3 is 1.07 bits per heavy atom. The molecule has 0 saturated heterocycles. The molecule has 1 atom stereocenters. The number of hydrogen-bond donors (Lipinski definition) is 1. The van der Waals surface area contributed by atoms with E-state index in [-0.39, 0.29) is 0 Å². The van der Waals surface area contributed by atoms with Gasteiger partial charge in [0.2, 0.25) is 8.45 Å². The predicted molar refractivity (Wildman–Crippen MR) is 139 cm³/mol. The third-order valence-corrected chi connectivity index (χ3v) is 23.9. The molecule has 0 spiro atoms. The highest BCUT2D eigenvalue weighted by Gasteiger charge is 2.48. The van der Waals surface area contributed by atoms with E-state index in [0.29, 0.717) is 0 Å². The number of hydrogen-bond acceptors (Lipinski definition) is 5. The molecule has 0 aromatic rings. The zero-order chi connectivity index (χ0) is 22.2. The summed E-state index contributed by atoms with van der Waals surface area (Å²) >= 11 is 0. The normalized spacial score (nSPS) is 16.6. The molecule has 0 aromatic heterocycles. The van der Waals surface area contributed by atoms with E-state index in [1.54, 1.807) is 0 Å². The summed E-state index contributed by atoms with van der Waals surface area (Å²) in [5.74, 6) is 0. The van der Waals surface area contributed by atoms with Crippen LogP contribution in [0.4, 0.5) is 0 Å². The minimum absolute atomic E-state index is 0.910. The van der Waals surface area contributed by atoms with Crippen LogP contribution in [0.1, 0.15) is 0 Å². The summed E-state index contributed by atoms with van der Waals surface area (Å²) in [5.41, 5.74) is 0. The van der Waals surface area contributed by atoms with Gasteiger partial charge in [0.15, 0.2) is 0 Å². The second-order valence-corrected chi connectivity index (χ2v) is 39.0. The van der Waals surface area contributed by atoms with Crippen LogP contribution in [0.25, 0.3) is 0 Å². The molecular formula is C16H49N4OPSi5. The Bertz CT molecular complexity index is 450. The van der Waals surface area contributed by atoms with Crippen LogP contribution in [0, 0.1) is 0 Å². The first-order valence-electron chi connectivity index (χ1n) is 10.1. The van der Waals surface area contributed by atoms with Gasteiger partial charge in [0.25, 0.3) is 0 Å². The second kappa shape index (κ2) is 9.21. The van der Waals surface area contributed by atoms with Gasteiger partial charge in [-0.3, -0.25) is 8.68 Å². The molecule has 0 aliphatic carbocycles. The molecule has 0 aromatic carbocycles. The van der Waals surface area contributed by atoms with Crippen LogP contribution in [0.3, 0.4) is 0 Å². The molecule has 0 bridgehead atoms. The quantitative estimate of drug-likeness (QED) is 0.221. The van der Waals surface area contributed by atoms with Crippen molar-refractivity contribution in [2.45, 2.75) is 98.2 Å². The van der Waals surface area contributed by atoms with E-state index in [0.717, 1.165) is 0 Å². The molecule has 0 aliphatic rings. The number of nitrogens with one attached hydrogen (secondary N) is 1. The van der Waals surface area contributed by atoms with E-state index in [2.05, 4.69) is 117 Å². The maximum Gasteiger partial charge on any atom is 0.204 e. The lowest BCUT2D eigenvalue weighted by atomic mass is 11.8. The summed E-state index contributed by atoms with van der Waals surface area (Å²) in [7, 11) is -6.84. The van der Waals surface area contributed by atoms with Gasteiger partial charge in [-0.1, -0.05) is 98.2 Å². The van der Waals surface area contributed by atoms with E-state index in [9.17, 15) is 0 Å². The Balaban J connectivity index is 6.33. The molecule has 164 valence electrons. The van der Waals surface area contributed by atoms with Gasteiger partial charge in [0, 0.05) is 7.11 Å². The van der Waals surface area contributed by atoms with Crippen molar-refractivity contribution < 1.29 is 4.52 Å². The van der Waals surface area contributed by atoms with Crippen molar-refractivity contribution in [3.63, 3.8) is 0 Å². The van der Waals surface area contributed by atoms with Crippen molar-refractivity contribution in [3.05, 3.63) is 0 Å². The first-order valence-corrected chi connectivity index (χ1v) is 28.5. The van der Waals surface area contributed by atoms with Crippen molar-refractivity contribution in [1.29, 1.82) is 0 Å². The monoisotopic (exact) mass is 484 g/mol. The van der Waals surface area contributed by atoms with Gasteiger partial charge in [-0.05, 0) is 0 Å². The Hall–Kier alpha value is 1.31. The van der Waals surface area contributed by atoms with Crippen LogP contribution in [-0.2, 0) is 4.52 Å². The Morgan fingerprint density at radius 2 is 0.889 bits per heavy atom. The van der Waals surface area contributed by atoms with Crippen LogP contribution in [-0.4, -0.2) is 61.4 Å². The molecule has 27 heavy (non-hydrogen) atoms. The molecule has 1 unspecified atom stereocenters. The van der Waals surface area contributed by atoms with Crippen molar-refractivity contribution in [2.75, 3.05) is 7.11 Å². The Morgan fingerprint density at radius 1 is 0.556 bits per heavy atom. The van der Waals surface area contributed by atoms with Gasteiger partial charge < -0.3 is 4.52 Å².